The number of aliphatic carboxylic acids is 1. The Bertz CT molecular complexity index is 618. The van der Waals surface area contributed by atoms with Gasteiger partial charge in [0.2, 0.25) is 10.0 Å². The summed E-state index contributed by atoms with van der Waals surface area (Å²) in [6.45, 7) is 0.508. The molecule has 0 amide bonds. The molecule has 0 aromatic heterocycles. The van der Waals surface area contributed by atoms with E-state index in [1.165, 1.54) is 0 Å². The lowest BCUT2D eigenvalue weighted by Gasteiger charge is -2.20. The first-order chi connectivity index (χ1) is 9.21. The number of halogens is 3. The summed E-state index contributed by atoms with van der Waals surface area (Å²) in [5, 5.41) is 8.65. The maximum Gasteiger partial charge on any atom is 0.318 e. The molecule has 20 heavy (non-hydrogen) atoms. The molecule has 1 aromatic carbocycles. The van der Waals surface area contributed by atoms with E-state index in [1.807, 2.05) is 0 Å². The number of sulfonamides is 1. The predicted molar refractivity (Wildman–Crippen MR) is 63.0 cm³/mol. The van der Waals surface area contributed by atoms with E-state index in [0.29, 0.717) is 16.4 Å². The molecule has 1 N–H and O–H groups in total. The summed E-state index contributed by atoms with van der Waals surface area (Å²) in [6.07, 6.45) is 0.276. The van der Waals surface area contributed by atoms with Crippen LogP contribution in [0.1, 0.15) is 13.3 Å². The van der Waals surface area contributed by atoms with Crippen LogP contribution in [0.3, 0.4) is 0 Å². The fourth-order valence-electron chi connectivity index (χ4n) is 1.53. The van der Waals surface area contributed by atoms with Crippen LogP contribution in [0.15, 0.2) is 17.0 Å². The standard InChI is InChI=1S/C11H12F3NO4S/c1-2-5-15(6-9(16)17)20(18,19)8-4-3-7(12)10(13)11(8)14/h3-4H,2,5-6H2,1H3,(H,16,17). The Morgan fingerprint density at radius 2 is 1.85 bits per heavy atom. The van der Waals surface area contributed by atoms with E-state index in [9.17, 15) is 26.4 Å². The number of hydrogen-bond acceptors (Lipinski definition) is 3. The predicted octanol–water partition coefficient (Wildman–Crippen LogP) is 1.59. The SMILES string of the molecule is CCCN(CC(=O)O)S(=O)(=O)c1ccc(F)c(F)c1F. The van der Waals surface area contributed by atoms with Gasteiger partial charge in [-0.05, 0) is 18.6 Å². The van der Waals surface area contributed by atoms with E-state index in [-0.39, 0.29) is 13.0 Å². The van der Waals surface area contributed by atoms with Crippen LogP contribution in [-0.4, -0.2) is 36.9 Å². The lowest BCUT2D eigenvalue weighted by Crippen LogP contribution is -2.36. The molecule has 0 atom stereocenters. The van der Waals surface area contributed by atoms with Crippen molar-refractivity contribution < 1.29 is 31.5 Å². The summed E-state index contributed by atoms with van der Waals surface area (Å²) < 4.78 is 64.0. The molecule has 0 aliphatic rings. The molecule has 0 aliphatic heterocycles. The molecule has 0 heterocycles. The Morgan fingerprint density at radius 1 is 1.25 bits per heavy atom. The minimum absolute atomic E-state index is 0.187. The minimum atomic E-state index is -4.56. The Balaban J connectivity index is 3.33. The lowest BCUT2D eigenvalue weighted by molar-refractivity contribution is -0.137. The van der Waals surface area contributed by atoms with Crippen molar-refractivity contribution in [2.75, 3.05) is 13.1 Å². The van der Waals surface area contributed by atoms with Crippen molar-refractivity contribution in [2.24, 2.45) is 0 Å². The van der Waals surface area contributed by atoms with Crippen LogP contribution >= 0.6 is 0 Å². The van der Waals surface area contributed by atoms with Gasteiger partial charge in [-0.3, -0.25) is 4.79 Å². The van der Waals surface area contributed by atoms with Crippen molar-refractivity contribution in [3.8, 4) is 0 Å². The normalized spacial score (nSPS) is 11.8. The fraction of sp³-hybridized carbons (Fsp3) is 0.364. The smallest absolute Gasteiger partial charge is 0.318 e. The van der Waals surface area contributed by atoms with E-state index in [0.717, 1.165) is 0 Å². The van der Waals surface area contributed by atoms with Crippen molar-refractivity contribution in [3.05, 3.63) is 29.6 Å². The molecule has 0 fully saturated rings. The molecule has 0 unspecified atom stereocenters. The van der Waals surface area contributed by atoms with E-state index < -0.39 is 44.9 Å². The molecule has 112 valence electrons. The van der Waals surface area contributed by atoms with Crippen LogP contribution in [0.25, 0.3) is 0 Å². The molecule has 0 aliphatic carbocycles. The Kier molecular flexibility index (Phi) is 5.12. The van der Waals surface area contributed by atoms with Gasteiger partial charge >= 0.3 is 5.97 Å². The van der Waals surface area contributed by atoms with Crippen molar-refractivity contribution in [1.29, 1.82) is 0 Å². The second-order valence-corrected chi connectivity index (χ2v) is 5.81. The van der Waals surface area contributed by atoms with Gasteiger partial charge in [0.15, 0.2) is 17.5 Å². The van der Waals surface area contributed by atoms with Crippen LogP contribution in [0.4, 0.5) is 13.2 Å². The van der Waals surface area contributed by atoms with Gasteiger partial charge in [-0.25, -0.2) is 21.6 Å². The maximum atomic E-state index is 13.5. The van der Waals surface area contributed by atoms with E-state index >= 15 is 0 Å². The molecule has 1 aromatic rings. The number of nitrogens with zero attached hydrogens (tertiary/aromatic N) is 1. The van der Waals surface area contributed by atoms with Gasteiger partial charge in [-0.15, -0.1) is 0 Å². The molecular weight excluding hydrogens is 299 g/mol. The molecule has 5 nitrogen and oxygen atoms in total. The highest BCUT2D eigenvalue weighted by Gasteiger charge is 2.30. The summed E-state index contributed by atoms with van der Waals surface area (Å²) in [5.74, 6) is -6.75. The maximum absolute atomic E-state index is 13.5. The van der Waals surface area contributed by atoms with Crippen LogP contribution in [0.2, 0.25) is 0 Å². The summed E-state index contributed by atoms with van der Waals surface area (Å²) in [4.78, 5) is 9.54. The second-order valence-electron chi connectivity index (χ2n) is 3.91. The quantitative estimate of drug-likeness (QED) is 0.810. The third-order valence-corrected chi connectivity index (χ3v) is 4.26. The van der Waals surface area contributed by atoms with Crippen LogP contribution < -0.4 is 0 Å². The van der Waals surface area contributed by atoms with Crippen LogP contribution in [0.5, 0.6) is 0 Å². The summed E-state index contributed by atoms with van der Waals surface area (Å²) in [7, 11) is -4.56. The first kappa shape index (κ1) is 16.4. The van der Waals surface area contributed by atoms with E-state index in [2.05, 4.69) is 0 Å². The molecule has 0 saturated heterocycles. The van der Waals surface area contributed by atoms with Crippen molar-refractivity contribution in [2.45, 2.75) is 18.2 Å². The largest absolute Gasteiger partial charge is 0.480 e. The van der Waals surface area contributed by atoms with Gasteiger partial charge in [-0.2, -0.15) is 4.31 Å². The van der Waals surface area contributed by atoms with Gasteiger partial charge in [0.05, 0.1) is 0 Å². The summed E-state index contributed by atoms with van der Waals surface area (Å²) in [6, 6.07) is 1.03. The zero-order chi connectivity index (χ0) is 15.5. The second kappa shape index (κ2) is 6.23. The van der Waals surface area contributed by atoms with Gasteiger partial charge in [-0.1, -0.05) is 6.92 Å². The van der Waals surface area contributed by atoms with Gasteiger partial charge in [0, 0.05) is 6.54 Å². The molecule has 0 spiro atoms. The Morgan fingerprint density at radius 3 is 2.35 bits per heavy atom. The monoisotopic (exact) mass is 311 g/mol. The molecule has 0 radical (unpaired) electrons. The van der Waals surface area contributed by atoms with Crippen molar-refractivity contribution in [3.63, 3.8) is 0 Å². The van der Waals surface area contributed by atoms with Crippen molar-refractivity contribution >= 4 is 16.0 Å². The fourth-order valence-corrected chi connectivity index (χ4v) is 3.07. The first-order valence-corrected chi connectivity index (χ1v) is 7.01. The molecule has 1 rings (SSSR count). The summed E-state index contributed by atoms with van der Waals surface area (Å²) in [5.41, 5.74) is 0. The number of carboxylic acid groups (broad SMARTS) is 1. The van der Waals surface area contributed by atoms with Gasteiger partial charge < -0.3 is 5.11 Å². The third-order valence-electron chi connectivity index (χ3n) is 2.40. The number of rotatable bonds is 6. The highest BCUT2D eigenvalue weighted by Crippen LogP contribution is 2.23. The van der Waals surface area contributed by atoms with Gasteiger partial charge in [0.1, 0.15) is 11.4 Å². The Labute approximate surface area is 113 Å². The average Bonchev–Trinajstić information content (AvgIpc) is 2.34. The highest BCUT2D eigenvalue weighted by atomic mass is 32.2. The van der Waals surface area contributed by atoms with Crippen LogP contribution in [-0.2, 0) is 14.8 Å². The highest BCUT2D eigenvalue weighted by molar-refractivity contribution is 7.89. The van der Waals surface area contributed by atoms with Crippen LogP contribution in [0, 0.1) is 17.5 Å². The summed E-state index contributed by atoms with van der Waals surface area (Å²) >= 11 is 0. The molecule has 9 heteroatoms. The van der Waals surface area contributed by atoms with E-state index in [1.54, 1.807) is 6.92 Å². The topological polar surface area (TPSA) is 74.7 Å². The van der Waals surface area contributed by atoms with Gasteiger partial charge in [0.25, 0.3) is 0 Å². The third kappa shape index (κ3) is 3.28. The Hall–Kier alpha value is -1.61. The minimum Gasteiger partial charge on any atom is -0.480 e. The zero-order valence-corrected chi connectivity index (χ0v) is 11.3. The van der Waals surface area contributed by atoms with E-state index in [4.69, 9.17) is 5.11 Å². The lowest BCUT2D eigenvalue weighted by atomic mass is 10.3. The first-order valence-electron chi connectivity index (χ1n) is 5.57. The molecule has 0 bridgehead atoms. The number of carbonyl (C=O) groups is 1. The van der Waals surface area contributed by atoms with Crippen molar-refractivity contribution in [1.82, 2.24) is 4.31 Å². The average molecular weight is 311 g/mol. The number of benzene rings is 1. The zero-order valence-electron chi connectivity index (χ0n) is 10.4. The molecular formula is C11H12F3NO4S. The number of hydrogen-bond donors (Lipinski definition) is 1. The molecule has 0 saturated carbocycles. The number of carboxylic acids is 1.